The molecule has 0 aliphatic carbocycles. The molecule has 1 aliphatic heterocycles. The van der Waals surface area contributed by atoms with Crippen molar-refractivity contribution >= 4 is 5.97 Å². The molecule has 1 fully saturated rings. The molecular weight excluding hydrogens is 383 g/mol. The minimum Gasteiger partial charge on any atom is -0.465 e. The van der Waals surface area contributed by atoms with Crippen molar-refractivity contribution in [1.82, 2.24) is 14.7 Å². The third kappa shape index (κ3) is 4.98. The fraction of sp³-hybridized carbons (Fsp3) is 0.524. The zero-order valence-electron chi connectivity index (χ0n) is 16.9. The van der Waals surface area contributed by atoms with Gasteiger partial charge in [-0.1, -0.05) is 30.3 Å². The van der Waals surface area contributed by atoms with Crippen LogP contribution in [0.1, 0.15) is 22.5 Å². The number of esters is 1. The molecule has 0 saturated carbocycles. The number of aryl methyl sites for hydroxylation is 2. The summed E-state index contributed by atoms with van der Waals surface area (Å²) >= 11 is 0. The van der Waals surface area contributed by atoms with Gasteiger partial charge in [-0.15, -0.1) is 0 Å². The molecule has 0 radical (unpaired) electrons. The standard InChI is InChI=1S/C21H26F3N3O2/c1-14-17(15(2)26(3)25-14)9-10-29-20(28)18-12-27(13-19(18)21(22,23)24)11-16-7-5-4-6-8-16/h4-8,18-19H,9-13H2,1-3H3/t18-,19+/m1/s1. The maximum atomic E-state index is 13.5. The topological polar surface area (TPSA) is 47.4 Å². The first kappa shape index (κ1) is 21.4. The van der Waals surface area contributed by atoms with Crippen molar-refractivity contribution in [2.45, 2.75) is 33.0 Å². The van der Waals surface area contributed by atoms with Gasteiger partial charge < -0.3 is 4.74 Å². The summed E-state index contributed by atoms with van der Waals surface area (Å²) in [5.74, 6) is -3.68. The number of halogens is 3. The van der Waals surface area contributed by atoms with Crippen LogP contribution in [0.15, 0.2) is 30.3 Å². The van der Waals surface area contributed by atoms with E-state index < -0.39 is 24.0 Å². The number of carbonyl (C=O) groups excluding carboxylic acids is 1. The number of rotatable bonds is 6. The second-order valence-electron chi connectivity index (χ2n) is 7.62. The van der Waals surface area contributed by atoms with Gasteiger partial charge >= 0.3 is 12.1 Å². The Kier molecular flexibility index (Phi) is 6.31. The molecule has 1 saturated heterocycles. The Hall–Kier alpha value is -2.35. The molecule has 8 heteroatoms. The van der Waals surface area contributed by atoms with Crippen LogP contribution >= 0.6 is 0 Å². The van der Waals surface area contributed by atoms with Crippen molar-refractivity contribution in [2.75, 3.05) is 19.7 Å². The minimum atomic E-state index is -4.44. The van der Waals surface area contributed by atoms with Crippen LogP contribution in [-0.2, 0) is 29.5 Å². The summed E-state index contributed by atoms with van der Waals surface area (Å²) in [6.45, 7) is 4.05. The minimum absolute atomic E-state index is 0.0445. The van der Waals surface area contributed by atoms with Crippen LogP contribution in [-0.4, -0.2) is 46.5 Å². The summed E-state index contributed by atoms with van der Waals surface area (Å²) in [4.78, 5) is 14.2. The summed E-state index contributed by atoms with van der Waals surface area (Å²) in [6.07, 6.45) is -4.00. The van der Waals surface area contributed by atoms with Gasteiger partial charge in [-0.2, -0.15) is 18.3 Å². The number of likely N-dealkylation sites (tertiary alicyclic amines) is 1. The number of hydrogen-bond acceptors (Lipinski definition) is 4. The number of benzene rings is 1. The van der Waals surface area contributed by atoms with Crippen molar-refractivity contribution in [1.29, 1.82) is 0 Å². The van der Waals surface area contributed by atoms with E-state index in [9.17, 15) is 18.0 Å². The van der Waals surface area contributed by atoms with E-state index in [2.05, 4.69) is 5.10 Å². The van der Waals surface area contributed by atoms with E-state index >= 15 is 0 Å². The highest BCUT2D eigenvalue weighted by atomic mass is 19.4. The van der Waals surface area contributed by atoms with Gasteiger partial charge in [0.25, 0.3) is 0 Å². The summed E-state index contributed by atoms with van der Waals surface area (Å²) < 4.78 is 47.6. The fourth-order valence-corrected chi connectivity index (χ4v) is 3.97. The molecule has 5 nitrogen and oxygen atoms in total. The van der Waals surface area contributed by atoms with Gasteiger partial charge in [-0.25, -0.2) is 0 Å². The van der Waals surface area contributed by atoms with E-state index in [1.165, 1.54) is 0 Å². The Morgan fingerprint density at radius 1 is 1.21 bits per heavy atom. The Balaban J connectivity index is 1.62. The van der Waals surface area contributed by atoms with Gasteiger partial charge in [-0.05, 0) is 25.0 Å². The zero-order chi connectivity index (χ0) is 21.2. The highest BCUT2D eigenvalue weighted by Crippen LogP contribution is 2.38. The van der Waals surface area contributed by atoms with Crippen molar-refractivity contribution in [3.8, 4) is 0 Å². The molecule has 0 spiro atoms. The predicted molar refractivity (Wildman–Crippen MR) is 102 cm³/mol. The summed E-state index contributed by atoms with van der Waals surface area (Å²) in [5, 5.41) is 4.30. The highest BCUT2D eigenvalue weighted by molar-refractivity contribution is 5.73. The Bertz CT molecular complexity index is 849. The average Bonchev–Trinajstić information content (AvgIpc) is 3.18. The van der Waals surface area contributed by atoms with E-state index in [1.54, 1.807) is 9.58 Å². The quantitative estimate of drug-likeness (QED) is 0.686. The number of carbonyl (C=O) groups is 1. The molecule has 2 heterocycles. The third-order valence-corrected chi connectivity index (χ3v) is 5.62. The lowest BCUT2D eigenvalue weighted by Gasteiger charge is -2.20. The van der Waals surface area contributed by atoms with E-state index in [-0.39, 0.29) is 19.7 Å². The van der Waals surface area contributed by atoms with E-state index in [0.29, 0.717) is 13.0 Å². The zero-order valence-corrected chi connectivity index (χ0v) is 16.9. The van der Waals surface area contributed by atoms with E-state index in [1.807, 2.05) is 51.2 Å². The molecule has 0 unspecified atom stereocenters. The number of alkyl halides is 3. The average molecular weight is 409 g/mol. The molecular formula is C21H26F3N3O2. The molecule has 0 bridgehead atoms. The molecule has 1 aromatic carbocycles. The SMILES string of the molecule is Cc1nn(C)c(C)c1CCOC(=O)[C@@H]1CN(Cc2ccccc2)C[C@@H]1C(F)(F)F. The normalized spacial score (nSPS) is 20.2. The molecule has 2 aromatic rings. The second-order valence-corrected chi connectivity index (χ2v) is 7.62. The Morgan fingerprint density at radius 3 is 2.48 bits per heavy atom. The second kappa shape index (κ2) is 8.57. The van der Waals surface area contributed by atoms with Crippen LogP contribution in [0.5, 0.6) is 0 Å². The van der Waals surface area contributed by atoms with Gasteiger partial charge in [0.1, 0.15) is 0 Å². The fourth-order valence-electron chi connectivity index (χ4n) is 3.97. The first-order valence-corrected chi connectivity index (χ1v) is 9.65. The van der Waals surface area contributed by atoms with Crippen LogP contribution in [0.4, 0.5) is 13.2 Å². The molecule has 3 rings (SSSR count). The summed E-state index contributed by atoms with van der Waals surface area (Å²) in [6, 6.07) is 9.29. The molecule has 0 N–H and O–H groups in total. The number of hydrogen-bond donors (Lipinski definition) is 0. The molecule has 158 valence electrons. The lowest BCUT2D eigenvalue weighted by molar-refractivity contribution is -0.190. The lowest BCUT2D eigenvalue weighted by atomic mass is 9.96. The van der Waals surface area contributed by atoms with Crippen LogP contribution in [0.25, 0.3) is 0 Å². The maximum absolute atomic E-state index is 13.5. The van der Waals surface area contributed by atoms with Crippen molar-refractivity contribution < 1.29 is 22.7 Å². The molecule has 1 aliphatic rings. The van der Waals surface area contributed by atoms with Crippen molar-refractivity contribution in [3.63, 3.8) is 0 Å². The molecule has 29 heavy (non-hydrogen) atoms. The van der Waals surface area contributed by atoms with Crippen LogP contribution in [0, 0.1) is 25.7 Å². The van der Waals surface area contributed by atoms with E-state index in [0.717, 1.165) is 22.5 Å². The lowest BCUT2D eigenvalue weighted by Crippen LogP contribution is -2.35. The van der Waals surface area contributed by atoms with Crippen LogP contribution in [0.3, 0.4) is 0 Å². The summed E-state index contributed by atoms with van der Waals surface area (Å²) in [7, 11) is 1.83. The Labute approximate surface area is 168 Å². The number of ether oxygens (including phenoxy) is 1. The third-order valence-electron chi connectivity index (χ3n) is 5.62. The molecule has 1 aromatic heterocycles. The predicted octanol–water partition coefficient (Wildman–Crippen LogP) is 3.43. The highest BCUT2D eigenvalue weighted by Gasteiger charge is 2.52. The van der Waals surface area contributed by atoms with E-state index in [4.69, 9.17) is 4.74 Å². The van der Waals surface area contributed by atoms with Gasteiger partial charge in [0, 0.05) is 38.8 Å². The van der Waals surface area contributed by atoms with Crippen molar-refractivity contribution in [3.05, 3.63) is 52.8 Å². The van der Waals surface area contributed by atoms with Crippen molar-refractivity contribution in [2.24, 2.45) is 18.9 Å². The van der Waals surface area contributed by atoms with Crippen LogP contribution < -0.4 is 0 Å². The first-order valence-electron chi connectivity index (χ1n) is 9.65. The van der Waals surface area contributed by atoms with Gasteiger partial charge in [0.05, 0.1) is 24.1 Å². The Morgan fingerprint density at radius 2 is 1.90 bits per heavy atom. The van der Waals surface area contributed by atoms with Gasteiger partial charge in [-0.3, -0.25) is 14.4 Å². The number of aromatic nitrogens is 2. The maximum Gasteiger partial charge on any atom is 0.393 e. The molecule has 2 atom stereocenters. The first-order chi connectivity index (χ1) is 13.7. The largest absolute Gasteiger partial charge is 0.465 e. The van der Waals surface area contributed by atoms with Gasteiger partial charge in [0.15, 0.2) is 0 Å². The smallest absolute Gasteiger partial charge is 0.393 e. The molecule has 0 amide bonds. The van der Waals surface area contributed by atoms with Gasteiger partial charge in [0.2, 0.25) is 0 Å². The summed E-state index contributed by atoms with van der Waals surface area (Å²) in [5.41, 5.74) is 3.68. The number of nitrogens with zero attached hydrogens (tertiary/aromatic N) is 3. The monoisotopic (exact) mass is 409 g/mol. The van der Waals surface area contributed by atoms with Crippen LogP contribution in [0.2, 0.25) is 0 Å².